The number of aliphatic imine (C=N–C) groups is 1. The van der Waals surface area contributed by atoms with Crippen molar-refractivity contribution in [1.29, 1.82) is 0 Å². The first-order valence-electron chi connectivity index (χ1n) is 4.10. The lowest BCUT2D eigenvalue weighted by Crippen LogP contribution is -2.27. The van der Waals surface area contributed by atoms with Crippen LogP contribution < -0.4 is 5.32 Å². The summed E-state index contributed by atoms with van der Waals surface area (Å²) in [7, 11) is 0. The third kappa shape index (κ3) is 3.64. The molecule has 1 amide bonds. The molecule has 0 saturated heterocycles. The number of amides is 1. The lowest BCUT2D eigenvalue weighted by molar-refractivity contribution is -0.119. The van der Waals surface area contributed by atoms with E-state index >= 15 is 0 Å². The zero-order valence-electron chi connectivity index (χ0n) is 7.49. The summed E-state index contributed by atoms with van der Waals surface area (Å²) >= 11 is 0. The molecule has 1 aromatic heterocycles. The fourth-order valence-corrected chi connectivity index (χ4v) is 0.918. The normalized spacial score (nSPS) is 9.14. The molecule has 6 heteroatoms. The highest BCUT2D eigenvalue weighted by atomic mass is 16.2. The van der Waals surface area contributed by atoms with Gasteiger partial charge in [0.05, 0.1) is 6.33 Å². The maximum Gasteiger partial charge on any atom is 0.242 e. The van der Waals surface area contributed by atoms with Crippen molar-refractivity contribution in [3.8, 4) is 0 Å². The summed E-state index contributed by atoms with van der Waals surface area (Å²) in [6.45, 7) is 0.335. The summed E-state index contributed by atoms with van der Waals surface area (Å²) in [6.07, 6.45) is 5.25. The Balaban J connectivity index is 2.15. The number of hydrogen-bond donors (Lipinski definition) is 2. The van der Waals surface area contributed by atoms with E-state index in [2.05, 4.69) is 20.3 Å². The third-order valence-electron chi connectivity index (χ3n) is 1.56. The van der Waals surface area contributed by atoms with Crippen molar-refractivity contribution in [2.45, 2.75) is 6.42 Å². The number of hydrogen-bond acceptors (Lipinski definition) is 4. The standard InChI is InChI=1S/C8H10N4O2/c13-6-10-4-8(14)11-2-1-7-3-9-5-12-7/h3,5H,1-2,4H2,(H,9,12)(H,11,14). The number of nitrogens with zero attached hydrogens (tertiary/aromatic N) is 2. The third-order valence-corrected chi connectivity index (χ3v) is 1.56. The molecule has 0 atom stereocenters. The Labute approximate surface area is 80.5 Å². The average molecular weight is 194 g/mol. The van der Waals surface area contributed by atoms with E-state index < -0.39 is 0 Å². The lowest BCUT2D eigenvalue weighted by atomic mass is 10.3. The molecule has 1 aromatic rings. The predicted molar refractivity (Wildman–Crippen MR) is 48.3 cm³/mol. The van der Waals surface area contributed by atoms with Gasteiger partial charge in [0.2, 0.25) is 12.0 Å². The first-order valence-corrected chi connectivity index (χ1v) is 4.10. The van der Waals surface area contributed by atoms with Crippen LogP contribution in [-0.2, 0) is 16.0 Å². The molecule has 0 aromatic carbocycles. The van der Waals surface area contributed by atoms with E-state index in [1.807, 2.05) is 0 Å². The van der Waals surface area contributed by atoms with Gasteiger partial charge >= 0.3 is 0 Å². The van der Waals surface area contributed by atoms with E-state index in [9.17, 15) is 9.59 Å². The van der Waals surface area contributed by atoms with Gasteiger partial charge in [0.15, 0.2) is 0 Å². The van der Waals surface area contributed by atoms with E-state index in [0.717, 1.165) is 5.69 Å². The maximum absolute atomic E-state index is 10.9. The van der Waals surface area contributed by atoms with Crippen molar-refractivity contribution in [2.24, 2.45) is 4.99 Å². The number of rotatable bonds is 5. The number of carbonyl (C=O) groups is 1. The van der Waals surface area contributed by atoms with E-state index in [-0.39, 0.29) is 12.5 Å². The number of H-pyrrole nitrogens is 1. The number of isocyanates is 1. The van der Waals surface area contributed by atoms with Crippen LogP contribution in [0.25, 0.3) is 0 Å². The van der Waals surface area contributed by atoms with Crippen molar-refractivity contribution in [1.82, 2.24) is 15.3 Å². The highest BCUT2D eigenvalue weighted by Gasteiger charge is 1.99. The van der Waals surface area contributed by atoms with Gasteiger partial charge in [-0.25, -0.2) is 9.78 Å². The molecule has 74 valence electrons. The molecule has 1 rings (SSSR count). The first-order chi connectivity index (χ1) is 6.83. The van der Waals surface area contributed by atoms with Crippen molar-refractivity contribution < 1.29 is 9.59 Å². The second-order valence-corrected chi connectivity index (χ2v) is 2.58. The molecule has 6 nitrogen and oxygen atoms in total. The molecule has 0 saturated carbocycles. The molecule has 0 fully saturated rings. The highest BCUT2D eigenvalue weighted by molar-refractivity contribution is 5.78. The summed E-state index contributed by atoms with van der Waals surface area (Å²) < 4.78 is 0. The van der Waals surface area contributed by atoms with Gasteiger partial charge < -0.3 is 10.3 Å². The number of aromatic amines is 1. The van der Waals surface area contributed by atoms with Crippen LogP contribution in [0.4, 0.5) is 0 Å². The maximum atomic E-state index is 10.9. The molecule has 0 bridgehead atoms. The van der Waals surface area contributed by atoms with Crippen molar-refractivity contribution in [3.63, 3.8) is 0 Å². The Morgan fingerprint density at radius 1 is 1.71 bits per heavy atom. The number of nitrogens with one attached hydrogen (secondary N) is 2. The molecule has 0 unspecified atom stereocenters. The van der Waals surface area contributed by atoms with Crippen LogP contribution in [0.5, 0.6) is 0 Å². The number of carbonyl (C=O) groups excluding carboxylic acids is 2. The molecule has 0 spiro atoms. The SMILES string of the molecule is O=C=NCC(=O)NCCc1cnc[nH]1. The summed E-state index contributed by atoms with van der Waals surface area (Å²) in [5.41, 5.74) is 0.948. The Morgan fingerprint density at radius 2 is 2.57 bits per heavy atom. The Bertz CT molecular complexity index is 327. The van der Waals surface area contributed by atoms with Crippen LogP contribution in [0.15, 0.2) is 17.5 Å². The largest absolute Gasteiger partial charge is 0.354 e. The minimum atomic E-state index is -0.284. The molecule has 1 heterocycles. The fourth-order valence-electron chi connectivity index (χ4n) is 0.918. The van der Waals surface area contributed by atoms with Gasteiger partial charge in [-0.2, -0.15) is 4.99 Å². The van der Waals surface area contributed by atoms with E-state index in [0.29, 0.717) is 13.0 Å². The van der Waals surface area contributed by atoms with Gasteiger partial charge in [0.1, 0.15) is 6.54 Å². The van der Waals surface area contributed by atoms with Gasteiger partial charge in [0, 0.05) is 24.9 Å². The van der Waals surface area contributed by atoms with Crippen molar-refractivity contribution in [3.05, 3.63) is 18.2 Å². The van der Waals surface area contributed by atoms with Crippen molar-refractivity contribution >= 4 is 12.0 Å². The summed E-state index contributed by atoms with van der Waals surface area (Å²) in [5.74, 6) is -0.284. The minimum Gasteiger partial charge on any atom is -0.354 e. The lowest BCUT2D eigenvalue weighted by Gasteiger charge is -2.00. The highest BCUT2D eigenvalue weighted by Crippen LogP contribution is 1.90. The van der Waals surface area contributed by atoms with Gasteiger partial charge in [0.25, 0.3) is 0 Å². The van der Waals surface area contributed by atoms with E-state index in [1.165, 1.54) is 6.08 Å². The molecule has 0 radical (unpaired) electrons. The molecular weight excluding hydrogens is 184 g/mol. The number of imidazole rings is 1. The van der Waals surface area contributed by atoms with Crippen LogP contribution in [0.1, 0.15) is 5.69 Å². The van der Waals surface area contributed by atoms with Gasteiger partial charge in [-0.05, 0) is 0 Å². The zero-order valence-corrected chi connectivity index (χ0v) is 7.49. The van der Waals surface area contributed by atoms with Gasteiger partial charge in [-0.15, -0.1) is 0 Å². The zero-order chi connectivity index (χ0) is 10.2. The predicted octanol–water partition coefficient (Wildman–Crippen LogP) is -0.596. The molecule has 2 N–H and O–H groups in total. The molecular formula is C8H10N4O2. The van der Waals surface area contributed by atoms with Crippen molar-refractivity contribution in [2.75, 3.05) is 13.1 Å². The Morgan fingerprint density at radius 3 is 3.21 bits per heavy atom. The summed E-state index contributed by atoms with van der Waals surface area (Å²) in [4.78, 5) is 30.5. The van der Waals surface area contributed by atoms with Gasteiger partial charge in [-0.1, -0.05) is 0 Å². The van der Waals surface area contributed by atoms with Crippen LogP contribution in [0, 0.1) is 0 Å². The summed E-state index contributed by atoms with van der Waals surface area (Å²) in [6, 6.07) is 0. The average Bonchev–Trinajstić information content (AvgIpc) is 2.67. The monoisotopic (exact) mass is 194 g/mol. The van der Waals surface area contributed by atoms with Crippen LogP contribution in [0.3, 0.4) is 0 Å². The molecule has 0 aliphatic heterocycles. The van der Waals surface area contributed by atoms with Crippen LogP contribution in [0.2, 0.25) is 0 Å². The summed E-state index contributed by atoms with van der Waals surface area (Å²) in [5, 5.41) is 2.60. The fraction of sp³-hybridized carbons (Fsp3) is 0.375. The van der Waals surface area contributed by atoms with E-state index in [4.69, 9.17) is 0 Å². The van der Waals surface area contributed by atoms with E-state index in [1.54, 1.807) is 12.5 Å². The second kappa shape index (κ2) is 5.66. The first kappa shape index (κ1) is 10.1. The van der Waals surface area contributed by atoms with Gasteiger partial charge in [-0.3, -0.25) is 4.79 Å². The Hall–Kier alpha value is -1.94. The van der Waals surface area contributed by atoms with Crippen LogP contribution in [-0.4, -0.2) is 35.0 Å². The smallest absolute Gasteiger partial charge is 0.242 e. The quantitative estimate of drug-likeness (QED) is 0.485. The Kier molecular flexibility index (Phi) is 4.10. The molecule has 0 aliphatic carbocycles. The topological polar surface area (TPSA) is 87.2 Å². The number of aromatic nitrogens is 2. The van der Waals surface area contributed by atoms with Crippen LogP contribution >= 0.6 is 0 Å². The second-order valence-electron chi connectivity index (χ2n) is 2.58. The molecule has 14 heavy (non-hydrogen) atoms. The molecule has 0 aliphatic rings. The minimum absolute atomic E-state index is 0.160.